The van der Waals surface area contributed by atoms with Gasteiger partial charge in [-0.2, -0.15) is 5.26 Å². The molecule has 0 N–H and O–H groups in total. The average Bonchev–Trinajstić information content (AvgIpc) is 2.32. The first-order chi connectivity index (χ1) is 7.93. The smallest absolute Gasteiger partial charge is 0.329 e. The van der Waals surface area contributed by atoms with Crippen molar-refractivity contribution >= 4 is 11.6 Å². The van der Waals surface area contributed by atoms with E-state index in [4.69, 9.17) is 10.00 Å². The highest BCUT2D eigenvalue weighted by atomic mass is 16.5. The lowest BCUT2D eigenvalue weighted by Gasteiger charge is -2.21. The topological polar surface area (TPSA) is 53.3 Å². The molecule has 0 unspecified atom stereocenters. The van der Waals surface area contributed by atoms with Crippen molar-refractivity contribution in [3.63, 3.8) is 0 Å². The van der Waals surface area contributed by atoms with Gasteiger partial charge in [-0.15, -0.1) is 0 Å². The zero-order valence-electron chi connectivity index (χ0n) is 10.8. The maximum Gasteiger partial charge on any atom is 0.329 e. The molecule has 0 aromatic heterocycles. The van der Waals surface area contributed by atoms with Crippen molar-refractivity contribution < 1.29 is 9.53 Å². The van der Waals surface area contributed by atoms with Gasteiger partial charge < -0.3 is 9.64 Å². The Labute approximate surface area is 101 Å². The minimum atomic E-state index is -0.572. The molecule has 0 radical (unpaired) electrons. The third kappa shape index (κ3) is 2.23. The second kappa shape index (κ2) is 4.88. The van der Waals surface area contributed by atoms with Crippen molar-refractivity contribution in [2.45, 2.75) is 20.8 Å². The normalized spacial score (nSPS) is 9.65. The summed E-state index contributed by atoms with van der Waals surface area (Å²) in [6.45, 7) is 5.77. The Morgan fingerprint density at radius 2 is 1.94 bits per heavy atom. The van der Waals surface area contributed by atoms with E-state index in [9.17, 15) is 4.79 Å². The van der Waals surface area contributed by atoms with Gasteiger partial charge in [0.1, 0.15) is 5.75 Å². The van der Waals surface area contributed by atoms with Crippen molar-refractivity contribution in [2.75, 3.05) is 19.1 Å². The first-order valence-corrected chi connectivity index (χ1v) is 5.26. The van der Waals surface area contributed by atoms with Crippen LogP contribution < -0.4 is 9.64 Å². The lowest BCUT2D eigenvalue weighted by molar-refractivity contribution is -0.113. The van der Waals surface area contributed by atoms with E-state index in [1.807, 2.05) is 26.8 Å². The van der Waals surface area contributed by atoms with Gasteiger partial charge in [-0.25, -0.2) is 0 Å². The van der Waals surface area contributed by atoms with E-state index >= 15 is 0 Å². The van der Waals surface area contributed by atoms with E-state index < -0.39 is 5.91 Å². The van der Waals surface area contributed by atoms with Gasteiger partial charge in [0.15, 0.2) is 6.07 Å². The molecule has 0 saturated heterocycles. The fourth-order valence-electron chi connectivity index (χ4n) is 1.88. The van der Waals surface area contributed by atoms with E-state index in [1.165, 1.54) is 4.90 Å². The van der Waals surface area contributed by atoms with Crippen LogP contribution in [0.3, 0.4) is 0 Å². The molecule has 0 saturated carbocycles. The predicted molar refractivity (Wildman–Crippen MR) is 66.2 cm³/mol. The molecule has 0 spiro atoms. The van der Waals surface area contributed by atoms with Crippen molar-refractivity contribution in [1.29, 1.82) is 5.26 Å². The van der Waals surface area contributed by atoms with Crippen LogP contribution in [0.2, 0.25) is 0 Å². The van der Waals surface area contributed by atoms with Crippen LogP contribution in [0.25, 0.3) is 0 Å². The molecule has 90 valence electrons. The standard InChI is InChI=1S/C13H16N2O2/c1-8-6-11(15(4)12(16)7-14)9(2)10(3)13(8)17-5/h6H,1-5H3. The number of nitrogens with zero attached hydrogens (tertiary/aromatic N) is 2. The number of methoxy groups -OCH3 is 1. The fraction of sp³-hybridized carbons (Fsp3) is 0.385. The highest BCUT2D eigenvalue weighted by Crippen LogP contribution is 2.32. The summed E-state index contributed by atoms with van der Waals surface area (Å²) in [6.07, 6.45) is 0. The van der Waals surface area contributed by atoms with Crippen LogP contribution >= 0.6 is 0 Å². The molecule has 4 heteroatoms. The predicted octanol–water partition coefficient (Wildman–Crippen LogP) is 2.11. The second-order valence-corrected chi connectivity index (χ2v) is 3.97. The molecule has 4 nitrogen and oxygen atoms in total. The van der Waals surface area contributed by atoms with E-state index in [-0.39, 0.29) is 0 Å². The van der Waals surface area contributed by atoms with E-state index in [2.05, 4.69) is 0 Å². The maximum atomic E-state index is 11.4. The summed E-state index contributed by atoms with van der Waals surface area (Å²) in [5, 5.41) is 8.63. The minimum Gasteiger partial charge on any atom is -0.496 e. The molecule has 0 atom stereocenters. The summed E-state index contributed by atoms with van der Waals surface area (Å²) in [7, 11) is 3.22. The maximum absolute atomic E-state index is 11.4. The molecule has 0 bridgehead atoms. The third-order valence-corrected chi connectivity index (χ3v) is 2.96. The minimum absolute atomic E-state index is 0.572. The van der Waals surface area contributed by atoms with Gasteiger partial charge in [0.25, 0.3) is 0 Å². The average molecular weight is 232 g/mol. The number of ether oxygens (including phenoxy) is 1. The Morgan fingerprint density at radius 1 is 1.35 bits per heavy atom. The largest absolute Gasteiger partial charge is 0.496 e. The molecule has 17 heavy (non-hydrogen) atoms. The van der Waals surface area contributed by atoms with Crippen LogP contribution in [0.4, 0.5) is 5.69 Å². The van der Waals surface area contributed by atoms with Crippen molar-refractivity contribution in [2.24, 2.45) is 0 Å². The van der Waals surface area contributed by atoms with Crippen LogP contribution in [0, 0.1) is 32.1 Å². The van der Waals surface area contributed by atoms with Crippen molar-refractivity contribution in [3.05, 3.63) is 22.8 Å². The first-order valence-electron chi connectivity index (χ1n) is 5.26. The molecular formula is C13H16N2O2. The second-order valence-electron chi connectivity index (χ2n) is 3.97. The van der Waals surface area contributed by atoms with Gasteiger partial charge in [-0.3, -0.25) is 4.79 Å². The van der Waals surface area contributed by atoms with Crippen molar-refractivity contribution in [1.82, 2.24) is 0 Å². The number of anilines is 1. The fourth-order valence-corrected chi connectivity index (χ4v) is 1.88. The highest BCUT2D eigenvalue weighted by Gasteiger charge is 2.17. The summed E-state index contributed by atoms with van der Waals surface area (Å²) < 4.78 is 5.31. The zero-order chi connectivity index (χ0) is 13.2. The van der Waals surface area contributed by atoms with Crippen LogP contribution in [-0.4, -0.2) is 20.1 Å². The van der Waals surface area contributed by atoms with Gasteiger partial charge in [0.2, 0.25) is 0 Å². The van der Waals surface area contributed by atoms with Crippen LogP contribution in [0.1, 0.15) is 16.7 Å². The number of aryl methyl sites for hydroxylation is 1. The molecule has 0 heterocycles. The molecule has 0 aliphatic carbocycles. The van der Waals surface area contributed by atoms with Crippen molar-refractivity contribution in [3.8, 4) is 11.8 Å². The SMILES string of the molecule is COc1c(C)cc(N(C)C(=O)C#N)c(C)c1C. The number of hydrogen-bond donors (Lipinski definition) is 0. The van der Waals surface area contributed by atoms with Gasteiger partial charge >= 0.3 is 5.91 Å². The molecular weight excluding hydrogens is 216 g/mol. The highest BCUT2D eigenvalue weighted by molar-refractivity contribution is 6.04. The third-order valence-electron chi connectivity index (χ3n) is 2.96. The first kappa shape index (κ1) is 13.0. The molecule has 1 rings (SSSR count). The Hall–Kier alpha value is -2.02. The number of amides is 1. The monoisotopic (exact) mass is 232 g/mol. The molecule has 1 aromatic carbocycles. The van der Waals surface area contributed by atoms with Gasteiger partial charge in [-0.05, 0) is 43.5 Å². The number of nitriles is 1. The Kier molecular flexibility index (Phi) is 3.74. The lowest BCUT2D eigenvalue weighted by Crippen LogP contribution is -2.25. The summed E-state index contributed by atoms with van der Waals surface area (Å²) in [5.41, 5.74) is 3.62. The van der Waals surface area contributed by atoms with Crippen LogP contribution in [-0.2, 0) is 4.79 Å². The van der Waals surface area contributed by atoms with Crippen LogP contribution in [0.5, 0.6) is 5.75 Å². The number of rotatable bonds is 2. The molecule has 0 aliphatic heterocycles. The molecule has 1 aromatic rings. The molecule has 0 aliphatic rings. The summed E-state index contributed by atoms with van der Waals surface area (Å²) in [4.78, 5) is 12.7. The van der Waals surface area contributed by atoms with E-state index in [0.29, 0.717) is 0 Å². The van der Waals surface area contributed by atoms with Gasteiger partial charge in [-0.1, -0.05) is 0 Å². The van der Waals surface area contributed by atoms with E-state index in [0.717, 1.165) is 28.1 Å². The van der Waals surface area contributed by atoms with Gasteiger partial charge in [0, 0.05) is 12.7 Å². The Balaban J connectivity index is 3.39. The van der Waals surface area contributed by atoms with Crippen LogP contribution in [0.15, 0.2) is 6.07 Å². The summed E-state index contributed by atoms with van der Waals surface area (Å²) >= 11 is 0. The lowest BCUT2D eigenvalue weighted by atomic mass is 10.0. The number of hydrogen-bond acceptors (Lipinski definition) is 3. The number of benzene rings is 1. The molecule has 1 amide bonds. The number of carbonyl (C=O) groups is 1. The Morgan fingerprint density at radius 3 is 2.41 bits per heavy atom. The quantitative estimate of drug-likeness (QED) is 0.734. The van der Waals surface area contributed by atoms with Gasteiger partial charge in [0.05, 0.1) is 7.11 Å². The Bertz CT molecular complexity index is 501. The zero-order valence-corrected chi connectivity index (χ0v) is 10.8. The van der Waals surface area contributed by atoms with E-state index in [1.54, 1.807) is 20.2 Å². The summed E-state index contributed by atoms with van der Waals surface area (Å²) in [5.74, 6) is 0.251. The summed E-state index contributed by atoms with van der Waals surface area (Å²) in [6, 6.07) is 3.47. The number of carbonyl (C=O) groups excluding carboxylic acids is 1. The molecule has 0 fully saturated rings.